The molecule has 0 aliphatic carbocycles. The van der Waals surface area contributed by atoms with E-state index in [2.05, 4.69) is 6.07 Å². The molecule has 0 spiro atoms. The van der Waals surface area contributed by atoms with Crippen molar-refractivity contribution in [3.8, 4) is 0 Å². The fourth-order valence-electron chi connectivity index (χ4n) is 0.342. The van der Waals surface area contributed by atoms with E-state index in [1.54, 1.807) is 6.92 Å². The van der Waals surface area contributed by atoms with Crippen molar-refractivity contribution in [1.82, 2.24) is 0 Å². The summed E-state index contributed by atoms with van der Waals surface area (Å²) in [5.74, 6) is 0. The summed E-state index contributed by atoms with van der Waals surface area (Å²) in [6.45, 7) is 1.69. The molecule has 0 heterocycles. The molecule has 11 heavy (non-hydrogen) atoms. The minimum atomic E-state index is 0. The first-order valence-electron chi connectivity index (χ1n) is 3.06. The Bertz CT molecular complexity index is 124. The second kappa shape index (κ2) is 12.5. The molecular formula is C9H10OU. The Balaban J connectivity index is 0. The number of carbonyl (C=O) groups excluding carboxylic acids is 1. The van der Waals surface area contributed by atoms with Crippen LogP contribution < -0.4 is 0 Å². The molecule has 1 nitrogen and oxygen atoms in total. The van der Waals surface area contributed by atoms with E-state index < -0.39 is 0 Å². The fourth-order valence-corrected chi connectivity index (χ4v) is 0.342. The van der Waals surface area contributed by atoms with E-state index in [0.29, 0.717) is 0 Å². The molecule has 0 radical (unpaired) electrons. The SMILES string of the molecule is C[CH-]C=O.[U+2].[c-]1ccccc1. The predicted molar refractivity (Wildman–Crippen MR) is 41.3 cm³/mol. The van der Waals surface area contributed by atoms with Gasteiger partial charge in [0.15, 0.2) is 0 Å². The van der Waals surface area contributed by atoms with Crippen molar-refractivity contribution in [2.45, 2.75) is 6.92 Å². The predicted octanol–water partition coefficient (Wildman–Crippen LogP) is 1.90. The molecule has 0 amide bonds. The number of benzene rings is 1. The molecule has 0 unspecified atom stereocenters. The average Bonchev–Trinajstić information content (AvgIpc) is 2.08. The molecule has 56 valence electrons. The minimum Gasteiger partial charge on any atom is -0.338 e. The number of aldehydes is 1. The second-order valence-electron chi connectivity index (χ2n) is 1.55. The van der Waals surface area contributed by atoms with E-state index in [-0.39, 0.29) is 31.1 Å². The summed E-state index contributed by atoms with van der Waals surface area (Å²) < 4.78 is 0. The molecule has 1 rings (SSSR count). The van der Waals surface area contributed by atoms with Crippen LogP contribution >= 0.6 is 0 Å². The largest absolute Gasteiger partial charge is 2.00 e. The smallest absolute Gasteiger partial charge is 0.338 e. The number of rotatable bonds is 1. The number of carbonyl (C=O) groups is 1. The summed E-state index contributed by atoms with van der Waals surface area (Å²) >= 11 is 0. The Morgan fingerprint density at radius 2 is 1.73 bits per heavy atom. The Hall–Kier alpha value is -0.188. The zero-order chi connectivity index (χ0) is 7.66. The van der Waals surface area contributed by atoms with Gasteiger partial charge in [-0.2, -0.15) is 43.3 Å². The second-order valence-corrected chi connectivity index (χ2v) is 1.55. The van der Waals surface area contributed by atoms with Gasteiger partial charge in [0.05, 0.1) is 0 Å². The maximum atomic E-state index is 9.12. The maximum Gasteiger partial charge on any atom is 2.00 e. The van der Waals surface area contributed by atoms with Gasteiger partial charge in [-0.1, -0.05) is 0 Å². The van der Waals surface area contributed by atoms with E-state index in [1.807, 2.05) is 30.3 Å². The van der Waals surface area contributed by atoms with Crippen LogP contribution in [0.1, 0.15) is 6.92 Å². The topological polar surface area (TPSA) is 17.1 Å². The summed E-state index contributed by atoms with van der Waals surface area (Å²) in [5.41, 5.74) is 0. The molecule has 0 saturated heterocycles. The summed E-state index contributed by atoms with van der Waals surface area (Å²) in [6.07, 6.45) is 2.19. The van der Waals surface area contributed by atoms with Gasteiger partial charge in [0.1, 0.15) is 0 Å². The molecule has 0 atom stereocenters. The molecule has 0 N–H and O–H groups in total. The minimum absolute atomic E-state index is 0. The standard InChI is InChI=1S/C6H5.C3H5O.U/c1-2-4-6-5-3-1;1-2-3-4;/h1-5H;2-3H,1H3;/q2*-1;+2. The van der Waals surface area contributed by atoms with Crippen molar-refractivity contribution in [3.05, 3.63) is 42.8 Å². The van der Waals surface area contributed by atoms with Crippen molar-refractivity contribution in [2.75, 3.05) is 0 Å². The van der Waals surface area contributed by atoms with Gasteiger partial charge in [-0.05, 0) is 6.29 Å². The first kappa shape index (κ1) is 13.4. The van der Waals surface area contributed by atoms with Crippen LogP contribution in [-0.4, -0.2) is 6.29 Å². The van der Waals surface area contributed by atoms with Gasteiger partial charge in [0, 0.05) is 0 Å². The summed E-state index contributed by atoms with van der Waals surface area (Å²) in [7, 11) is 0. The number of hydrogen-bond acceptors (Lipinski definition) is 1. The van der Waals surface area contributed by atoms with Crippen molar-refractivity contribution >= 4 is 6.29 Å². The Kier molecular flexibility index (Phi) is 15.2. The van der Waals surface area contributed by atoms with E-state index >= 15 is 0 Å². The normalized spacial score (nSPS) is 6.27. The van der Waals surface area contributed by atoms with Crippen LogP contribution in [0.2, 0.25) is 0 Å². The van der Waals surface area contributed by atoms with Crippen LogP contribution in [-0.2, 0) is 4.79 Å². The molecule has 0 aliphatic rings. The van der Waals surface area contributed by atoms with E-state index in [0.717, 1.165) is 6.29 Å². The molecule has 0 bridgehead atoms. The molecule has 0 aliphatic heterocycles. The Morgan fingerprint density at radius 3 is 1.82 bits per heavy atom. The molecule has 0 saturated carbocycles. The summed E-state index contributed by atoms with van der Waals surface area (Å²) in [5, 5.41) is 0. The Labute approximate surface area is 91.6 Å². The quantitative estimate of drug-likeness (QED) is 0.544. The third-order valence-electron chi connectivity index (χ3n) is 0.743. The third kappa shape index (κ3) is 12.9. The third-order valence-corrected chi connectivity index (χ3v) is 0.743. The van der Waals surface area contributed by atoms with Crippen molar-refractivity contribution < 1.29 is 35.9 Å². The van der Waals surface area contributed by atoms with Gasteiger partial charge >= 0.3 is 31.1 Å². The zero-order valence-electron chi connectivity index (χ0n) is 6.45. The monoisotopic (exact) mass is 372 g/mol. The maximum absolute atomic E-state index is 9.12. The fraction of sp³-hybridized carbons (Fsp3) is 0.111. The van der Waals surface area contributed by atoms with E-state index in [1.165, 1.54) is 6.42 Å². The molecule has 0 fully saturated rings. The van der Waals surface area contributed by atoms with Crippen LogP contribution in [0.4, 0.5) is 0 Å². The van der Waals surface area contributed by atoms with Gasteiger partial charge in [-0.15, -0.1) is 0 Å². The van der Waals surface area contributed by atoms with Gasteiger partial charge in [0.25, 0.3) is 0 Å². The summed E-state index contributed by atoms with van der Waals surface area (Å²) in [6, 6.07) is 12.5. The molecule has 1 aromatic carbocycles. The van der Waals surface area contributed by atoms with Crippen LogP contribution in [0.3, 0.4) is 0 Å². The van der Waals surface area contributed by atoms with Crippen LogP contribution in [0.5, 0.6) is 0 Å². The summed E-state index contributed by atoms with van der Waals surface area (Å²) in [4.78, 5) is 9.12. The molecule has 2 heteroatoms. The molecule has 0 aromatic heterocycles. The van der Waals surface area contributed by atoms with Crippen molar-refractivity contribution in [3.63, 3.8) is 0 Å². The molecule has 1 aromatic rings. The van der Waals surface area contributed by atoms with E-state index in [4.69, 9.17) is 4.79 Å². The number of hydrogen-bond donors (Lipinski definition) is 0. The zero-order valence-corrected chi connectivity index (χ0v) is 10.6. The van der Waals surface area contributed by atoms with Gasteiger partial charge in [-0.3, -0.25) is 0 Å². The van der Waals surface area contributed by atoms with Gasteiger partial charge < -0.3 is 11.2 Å². The van der Waals surface area contributed by atoms with Gasteiger partial charge in [-0.25, -0.2) is 0 Å². The first-order valence-corrected chi connectivity index (χ1v) is 3.06. The average molecular weight is 372 g/mol. The van der Waals surface area contributed by atoms with Crippen LogP contribution in [0, 0.1) is 43.6 Å². The Morgan fingerprint density at radius 1 is 1.27 bits per heavy atom. The van der Waals surface area contributed by atoms with E-state index in [9.17, 15) is 0 Å². The van der Waals surface area contributed by atoms with Crippen molar-refractivity contribution in [1.29, 1.82) is 0 Å². The van der Waals surface area contributed by atoms with Crippen LogP contribution in [0.15, 0.2) is 30.3 Å². The van der Waals surface area contributed by atoms with Gasteiger partial charge in [0.2, 0.25) is 0 Å². The molecular weight excluding hydrogens is 362 g/mol. The van der Waals surface area contributed by atoms with Crippen molar-refractivity contribution in [2.24, 2.45) is 0 Å². The first-order chi connectivity index (χ1) is 4.91. The van der Waals surface area contributed by atoms with Crippen LogP contribution in [0.25, 0.3) is 0 Å².